The van der Waals surface area contributed by atoms with Gasteiger partial charge in [0.2, 0.25) is 0 Å². The van der Waals surface area contributed by atoms with Gasteiger partial charge in [0.25, 0.3) is 5.91 Å². The monoisotopic (exact) mass is 286 g/mol. The van der Waals surface area contributed by atoms with Gasteiger partial charge in [-0.25, -0.2) is 0 Å². The molecular weight excluding hydrogens is 266 g/mol. The largest absolute Gasteiger partial charge is 0.435 e. The first kappa shape index (κ1) is 16.4. The van der Waals surface area contributed by atoms with E-state index in [9.17, 15) is 13.6 Å². The number of rotatable bonds is 8. The van der Waals surface area contributed by atoms with E-state index in [0.717, 1.165) is 12.8 Å². The number of hydrogen-bond acceptors (Lipinski definition) is 3. The molecule has 0 aliphatic rings. The Morgan fingerprint density at radius 1 is 1.40 bits per heavy atom. The van der Waals surface area contributed by atoms with Crippen molar-refractivity contribution in [1.82, 2.24) is 4.90 Å². The Kier molecular flexibility index (Phi) is 6.93. The molecule has 0 bridgehead atoms. The molecule has 0 saturated carbocycles. The molecule has 0 aromatic heterocycles. The van der Waals surface area contributed by atoms with E-state index >= 15 is 0 Å². The second kappa shape index (κ2) is 8.47. The van der Waals surface area contributed by atoms with Crippen molar-refractivity contribution in [2.24, 2.45) is 5.73 Å². The van der Waals surface area contributed by atoms with Gasteiger partial charge in [0.05, 0.1) is 0 Å². The summed E-state index contributed by atoms with van der Waals surface area (Å²) in [5.74, 6) is -0.238. The van der Waals surface area contributed by atoms with E-state index in [0.29, 0.717) is 25.2 Å². The lowest BCUT2D eigenvalue weighted by Crippen LogP contribution is -2.36. The predicted molar refractivity (Wildman–Crippen MR) is 72.9 cm³/mol. The van der Waals surface area contributed by atoms with Crippen LogP contribution in [0.3, 0.4) is 0 Å². The highest BCUT2D eigenvalue weighted by molar-refractivity contribution is 5.94. The Bertz CT molecular complexity index is 427. The first-order valence-electron chi connectivity index (χ1n) is 6.62. The summed E-state index contributed by atoms with van der Waals surface area (Å²) in [6, 6.07) is 5.81. The molecule has 4 nitrogen and oxygen atoms in total. The topological polar surface area (TPSA) is 55.6 Å². The van der Waals surface area contributed by atoms with Crippen molar-refractivity contribution in [2.75, 3.05) is 19.6 Å². The lowest BCUT2D eigenvalue weighted by molar-refractivity contribution is -0.0499. The molecule has 1 amide bonds. The Labute approximate surface area is 117 Å². The summed E-state index contributed by atoms with van der Waals surface area (Å²) in [7, 11) is 0. The quantitative estimate of drug-likeness (QED) is 0.798. The van der Waals surface area contributed by atoms with Crippen LogP contribution < -0.4 is 10.5 Å². The third-order valence-electron chi connectivity index (χ3n) is 2.77. The van der Waals surface area contributed by atoms with Gasteiger partial charge in [0, 0.05) is 25.2 Å². The minimum absolute atomic E-state index is 0.0194. The molecule has 1 aromatic carbocycles. The zero-order valence-electron chi connectivity index (χ0n) is 11.5. The van der Waals surface area contributed by atoms with Crippen molar-refractivity contribution in [2.45, 2.75) is 26.4 Å². The molecule has 0 saturated heterocycles. The smallest absolute Gasteiger partial charge is 0.387 e. The fraction of sp³-hybridized carbons (Fsp3) is 0.500. The maximum Gasteiger partial charge on any atom is 0.387 e. The number of nitrogens with two attached hydrogens (primary N) is 1. The summed E-state index contributed by atoms with van der Waals surface area (Å²) in [5.41, 5.74) is 5.82. The van der Waals surface area contributed by atoms with Gasteiger partial charge >= 0.3 is 6.61 Å². The summed E-state index contributed by atoms with van der Waals surface area (Å²) in [5, 5.41) is 0. The molecule has 1 rings (SSSR count). The van der Waals surface area contributed by atoms with Crippen LogP contribution in [0.5, 0.6) is 5.75 Å². The average molecular weight is 286 g/mol. The van der Waals surface area contributed by atoms with Crippen LogP contribution in [0.15, 0.2) is 24.3 Å². The molecule has 0 aliphatic carbocycles. The molecule has 0 heterocycles. The molecular formula is C14H20F2N2O2. The van der Waals surface area contributed by atoms with Crippen molar-refractivity contribution >= 4 is 5.91 Å². The number of carbonyl (C=O) groups excluding carboxylic acids is 1. The number of carbonyl (C=O) groups is 1. The van der Waals surface area contributed by atoms with Crippen molar-refractivity contribution in [3.05, 3.63) is 29.8 Å². The molecule has 0 spiro atoms. The van der Waals surface area contributed by atoms with Gasteiger partial charge in [-0.2, -0.15) is 8.78 Å². The third-order valence-corrected chi connectivity index (χ3v) is 2.77. The number of unbranched alkanes of at least 4 members (excludes halogenated alkanes) is 1. The molecule has 6 heteroatoms. The Morgan fingerprint density at radius 3 is 2.75 bits per heavy atom. The standard InChI is InChI=1S/C14H20F2N2O2/c1-2-3-8-18(9-7-17)13(19)11-5-4-6-12(10-11)20-14(15)16/h4-6,10,14H,2-3,7-9,17H2,1H3. The van der Waals surface area contributed by atoms with Gasteiger partial charge in [-0.1, -0.05) is 19.4 Å². The summed E-state index contributed by atoms with van der Waals surface area (Å²) in [6.07, 6.45) is 1.84. The molecule has 20 heavy (non-hydrogen) atoms. The summed E-state index contributed by atoms with van der Waals surface area (Å²) < 4.78 is 28.6. The van der Waals surface area contributed by atoms with Crippen LogP contribution in [-0.4, -0.2) is 37.1 Å². The lowest BCUT2D eigenvalue weighted by atomic mass is 10.1. The number of halogens is 2. The molecule has 0 radical (unpaired) electrons. The molecule has 2 N–H and O–H groups in total. The molecule has 0 unspecified atom stereocenters. The summed E-state index contributed by atoms with van der Waals surface area (Å²) >= 11 is 0. The van der Waals surface area contributed by atoms with E-state index in [1.807, 2.05) is 6.92 Å². The maximum absolute atomic E-state index is 12.3. The zero-order chi connectivity index (χ0) is 15.0. The van der Waals surface area contributed by atoms with Crippen molar-refractivity contribution in [1.29, 1.82) is 0 Å². The predicted octanol–water partition coefficient (Wildman–Crippen LogP) is 2.49. The Hall–Kier alpha value is -1.69. The highest BCUT2D eigenvalue weighted by atomic mass is 19.3. The van der Waals surface area contributed by atoms with Crippen LogP contribution in [0.4, 0.5) is 8.78 Å². The highest BCUT2D eigenvalue weighted by Crippen LogP contribution is 2.17. The minimum Gasteiger partial charge on any atom is -0.435 e. The normalized spacial score (nSPS) is 10.7. The van der Waals surface area contributed by atoms with Gasteiger partial charge in [0.15, 0.2) is 0 Å². The fourth-order valence-electron chi connectivity index (χ4n) is 1.81. The number of hydrogen-bond donors (Lipinski definition) is 1. The third kappa shape index (κ3) is 5.13. The second-order valence-corrected chi connectivity index (χ2v) is 4.34. The van der Waals surface area contributed by atoms with E-state index in [-0.39, 0.29) is 11.7 Å². The van der Waals surface area contributed by atoms with E-state index in [1.165, 1.54) is 18.2 Å². The fourth-order valence-corrected chi connectivity index (χ4v) is 1.81. The first-order chi connectivity index (χ1) is 9.58. The maximum atomic E-state index is 12.3. The van der Waals surface area contributed by atoms with E-state index in [2.05, 4.69) is 4.74 Å². The average Bonchev–Trinajstić information content (AvgIpc) is 2.42. The molecule has 0 aliphatic heterocycles. The van der Waals surface area contributed by atoms with Crippen LogP contribution in [0.1, 0.15) is 30.1 Å². The van der Waals surface area contributed by atoms with Gasteiger partial charge < -0.3 is 15.4 Å². The number of amides is 1. The first-order valence-corrected chi connectivity index (χ1v) is 6.62. The van der Waals surface area contributed by atoms with Gasteiger partial charge in [-0.15, -0.1) is 0 Å². The van der Waals surface area contributed by atoms with Crippen molar-refractivity contribution in [3.63, 3.8) is 0 Å². The van der Waals surface area contributed by atoms with Crippen LogP contribution in [0.25, 0.3) is 0 Å². The van der Waals surface area contributed by atoms with E-state index in [4.69, 9.17) is 5.73 Å². The minimum atomic E-state index is -2.90. The van der Waals surface area contributed by atoms with Crippen molar-refractivity contribution in [3.8, 4) is 5.75 Å². The summed E-state index contributed by atoms with van der Waals surface area (Å²) in [6.45, 7) is 0.538. The number of alkyl halides is 2. The van der Waals surface area contributed by atoms with E-state index in [1.54, 1.807) is 11.0 Å². The highest BCUT2D eigenvalue weighted by Gasteiger charge is 2.15. The van der Waals surface area contributed by atoms with Crippen LogP contribution >= 0.6 is 0 Å². The Balaban J connectivity index is 2.82. The molecule has 0 fully saturated rings. The second-order valence-electron chi connectivity index (χ2n) is 4.34. The van der Waals surface area contributed by atoms with Crippen LogP contribution in [0, 0.1) is 0 Å². The van der Waals surface area contributed by atoms with Gasteiger partial charge in [0.1, 0.15) is 5.75 Å². The number of benzene rings is 1. The van der Waals surface area contributed by atoms with Crippen molar-refractivity contribution < 1.29 is 18.3 Å². The zero-order valence-corrected chi connectivity index (χ0v) is 11.5. The summed E-state index contributed by atoms with van der Waals surface area (Å²) in [4.78, 5) is 13.9. The molecule has 0 atom stereocenters. The van der Waals surface area contributed by atoms with Gasteiger partial charge in [-0.3, -0.25) is 4.79 Å². The van der Waals surface area contributed by atoms with Gasteiger partial charge in [-0.05, 0) is 24.6 Å². The number of nitrogens with zero attached hydrogens (tertiary/aromatic N) is 1. The molecule has 1 aromatic rings. The van der Waals surface area contributed by atoms with Crippen LogP contribution in [-0.2, 0) is 0 Å². The van der Waals surface area contributed by atoms with E-state index < -0.39 is 6.61 Å². The SMILES string of the molecule is CCCCN(CCN)C(=O)c1cccc(OC(F)F)c1. The lowest BCUT2D eigenvalue weighted by Gasteiger charge is -2.22. The molecule has 112 valence electrons. The number of ether oxygens (including phenoxy) is 1. The Morgan fingerprint density at radius 2 is 2.15 bits per heavy atom. The van der Waals surface area contributed by atoms with Crippen LogP contribution in [0.2, 0.25) is 0 Å².